The number of piperidine rings is 1. The minimum Gasteiger partial charge on any atom is -0.474 e. The van der Waals surface area contributed by atoms with Gasteiger partial charge < -0.3 is 20.5 Å². The molecule has 3 N–H and O–H groups in total. The predicted molar refractivity (Wildman–Crippen MR) is 121 cm³/mol. The van der Waals surface area contributed by atoms with E-state index in [1.807, 2.05) is 12.3 Å². The van der Waals surface area contributed by atoms with E-state index in [-0.39, 0.29) is 12.2 Å². The van der Waals surface area contributed by atoms with Crippen LogP contribution >= 0.6 is 0 Å². The Hall–Kier alpha value is -1.99. The molecule has 0 aromatic carbocycles. The number of aliphatic hydroxyl groups is 1. The largest absolute Gasteiger partial charge is 0.474 e. The van der Waals surface area contributed by atoms with Gasteiger partial charge in [-0.25, -0.2) is 15.0 Å². The van der Waals surface area contributed by atoms with Crippen LogP contribution in [0.5, 0.6) is 5.88 Å². The molecule has 0 amide bonds. The van der Waals surface area contributed by atoms with Gasteiger partial charge in [0.2, 0.25) is 11.8 Å². The second-order valence-corrected chi connectivity index (χ2v) is 8.71. The lowest BCUT2D eigenvalue weighted by Gasteiger charge is -2.23. The van der Waals surface area contributed by atoms with Crippen LogP contribution in [0.2, 0.25) is 0 Å². The maximum Gasteiger partial charge on any atom is 0.224 e. The zero-order valence-electron chi connectivity index (χ0n) is 18.4. The molecule has 0 atom stereocenters. The molecule has 2 aliphatic rings. The Morgan fingerprint density at radius 2 is 1.90 bits per heavy atom. The number of fused-ring (bicyclic) bond motifs is 1. The summed E-state index contributed by atoms with van der Waals surface area (Å²) in [6.07, 6.45) is 12.8. The van der Waals surface area contributed by atoms with Crippen molar-refractivity contribution in [2.24, 2.45) is 5.92 Å². The SMILES string of the molecule is CC(C)CCNc1ncc2c(OC3CCNCC3)nccc2n1.OC1CCCCC1. The number of rotatable bonds is 6. The number of hydrogen-bond donors (Lipinski definition) is 3. The van der Waals surface area contributed by atoms with E-state index < -0.39 is 0 Å². The molecular formula is C23H37N5O2. The van der Waals surface area contributed by atoms with Gasteiger partial charge in [-0.1, -0.05) is 33.1 Å². The molecule has 30 heavy (non-hydrogen) atoms. The van der Waals surface area contributed by atoms with E-state index in [4.69, 9.17) is 9.84 Å². The summed E-state index contributed by atoms with van der Waals surface area (Å²) in [5, 5.41) is 16.4. The van der Waals surface area contributed by atoms with Crippen LogP contribution in [0.4, 0.5) is 5.95 Å². The third kappa shape index (κ3) is 7.36. The Balaban J connectivity index is 0.000000310. The molecule has 7 nitrogen and oxygen atoms in total. The molecule has 0 bridgehead atoms. The van der Waals surface area contributed by atoms with Crippen LogP contribution in [0.15, 0.2) is 18.5 Å². The fourth-order valence-corrected chi connectivity index (χ4v) is 3.74. The van der Waals surface area contributed by atoms with Crippen LogP contribution in [0.3, 0.4) is 0 Å². The molecule has 0 unspecified atom stereocenters. The van der Waals surface area contributed by atoms with Gasteiger partial charge in [0.05, 0.1) is 17.0 Å². The molecule has 2 aromatic rings. The van der Waals surface area contributed by atoms with Crippen molar-refractivity contribution in [1.82, 2.24) is 20.3 Å². The number of hydrogen-bond acceptors (Lipinski definition) is 7. The summed E-state index contributed by atoms with van der Waals surface area (Å²) in [6, 6.07) is 1.90. The van der Waals surface area contributed by atoms with E-state index in [9.17, 15) is 0 Å². The summed E-state index contributed by atoms with van der Waals surface area (Å²) in [6.45, 7) is 7.29. The first-order valence-electron chi connectivity index (χ1n) is 11.5. The highest BCUT2D eigenvalue weighted by atomic mass is 16.5. The molecule has 2 fully saturated rings. The van der Waals surface area contributed by atoms with E-state index in [0.717, 1.165) is 62.6 Å². The first-order chi connectivity index (χ1) is 14.6. The Bertz CT molecular complexity index is 758. The number of ether oxygens (including phenoxy) is 1. The highest BCUT2D eigenvalue weighted by Crippen LogP contribution is 2.24. The van der Waals surface area contributed by atoms with Crippen LogP contribution in [0.1, 0.15) is 65.2 Å². The molecule has 0 spiro atoms. The molecule has 2 aromatic heterocycles. The Labute approximate surface area is 180 Å². The summed E-state index contributed by atoms with van der Waals surface area (Å²) in [5.41, 5.74) is 0.867. The Kier molecular flexibility index (Phi) is 9.08. The number of aromatic nitrogens is 3. The third-order valence-corrected chi connectivity index (χ3v) is 5.62. The highest BCUT2D eigenvalue weighted by molar-refractivity contribution is 5.83. The number of nitrogens with one attached hydrogen (secondary N) is 2. The molecular weight excluding hydrogens is 378 g/mol. The molecule has 1 aliphatic heterocycles. The summed E-state index contributed by atoms with van der Waals surface area (Å²) in [5.74, 6) is 1.97. The molecule has 3 heterocycles. The van der Waals surface area contributed by atoms with Crippen molar-refractivity contribution in [2.45, 2.75) is 77.4 Å². The number of pyridine rings is 1. The molecule has 1 saturated carbocycles. The van der Waals surface area contributed by atoms with Gasteiger partial charge in [-0.15, -0.1) is 0 Å². The van der Waals surface area contributed by atoms with Gasteiger partial charge in [0, 0.05) is 18.9 Å². The molecule has 7 heteroatoms. The van der Waals surface area contributed by atoms with E-state index >= 15 is 0 Å². The van der Waals surface area contributed by atoms with Crippen molar-refractivity contribution < 1.29 is 9.84 Å². The van der Waals surface area contributed by atoms with Gasteiger partial charge in [-0.2, -0.15) is 0 Å². The maximum absolute atomic E-state index is 8.91. The van der Waals surface area contributed by atoms with Crippen LogP contribution < -0.4 is 15.4 Å². The van der Waals surface area contributed by atoms with Gasteiger partial charge in [-0.3, -0.25) is 0 Å². The van der Waals surface area contributed by atoms with Crippen molar-refractivity contribution in [1.29, 1.82) is 0 Å². The van der Waals surface area contributed by atoms with E-state index in [2.05, 4.69) is 39.4 Å². The molecule has 0 radical (unpaired) electrons. The second kappa shape index (κ2) is 12.0. The fraction of sp³-hybridized carbons (Fsp3) is 0.696. The van der Waals surface area contributed by atoms with E-state index in [0.29, 0.717) is 17.7 Å². The first kappa shape index (κ1) is 22.7. The molecule has 1 saturated heterocycles. The average Bonchev–Trinajstić information content (AvgIpc) is 2.75. The van der Waals surface area contributed by atoms with Crippen molar-refractivity contribution in [3.05, 3.63) is 18.5 Å². The zero-order chi connectivity index (χ0) is 21.2. The second-order valence-electron chi connectivity index (χ2n) is 8.71. The highest BCUT2D eigenvalue weighted by Gasteiger charge is 2.17. The third-order valence-electron chi connectivity index (χ3n) is 5.62. The summed E-state index contributed by atoms with van der Waals surface area (Å²) >= 11 is 0. The minimum absolute atomic E-state index is 0.0359. The minimum atomic E-state index is 0.0359. The van der Waals surface area contributed by atoms with Crippen LogP contribution in [-0.2, 0) is 0 Å². The first-order valence-corrected chi connectivity index (χ1v) is 11.5. The zero-order valence-corrected chi connectivity index (χ0v) is 18.4. The van der Waals surface area contributed by atoms with Gasteiger partial charge in [0.1, 0.15) is 6.10 Å². The van der Waals surface area contributed by atoms with Gasteiger partial charge in [0.15, 0.2) is 0 Å². The monoisotopic (exact) mass is 415 g/mol. The quantitative estimate of drug-likeness (QED) is 0.658. The Morgan fingerprint density at radius 3 is 2.57 bits per heavy atom. The van der Waals surface area contributed by atoms with E-state index in [1.165, 1.54) is 19.3 Å². The van der Waals surface area contributed by atoms with Crippen molar-refractivity contribution >= 4 is 16.9 Å². The van der Waals surface area contributed by atoms with Crippen LogP contribution in [-0.4, -0.2) is 51.9 Å². The molecule has 166 valence electrons. The predicted octanol–water partition coefficient (Wildman–Crippen LogP) is 3.93. The van der Waals surface area contributed by atoms with Gasteiger partial charge in [0.25, 0.3) is 0 Å². The lowest BCUT2D eigenvalue weighted by molar-refractivity contribution is 0.130. The lowest BCUT2D eigenvalue weighted by Crippen LogP contribution is -2.34. The topological polar surface area (TPSA) is 92.2 Å². The summed E-state index contributed by atoms with van der Waals surface area (Å²) in [7, 11) is 0. The molecule has 1 aliphatic carbocycles. The lowest BCUT2D eigenvalue weighted by atomic mass is 9.98. The number of nitrogens with zero attached hydrogens (tertiary/aromatic N) is 3. The fourth-order valence-electron chi connectivity index (χ4n) is 3.74. The summed E-state index contributed by atoms with van der Waals surface area (Å²) < 4.78 is 6.07. The van der Waals surface area contributed by atoms with Gasteiger partial charge >= 0.3 is 0 Å². The average molecular weight is 416 g/mol. The normalized spacial score (nSPS) is 18.1. The van der Waals surface area contributed by atoms with Crippen molar-refractivity contribution in [3.63, 3.8) is 0 Å². The Morgan fingerprint density at radius 1 is 1.13 bits per heavy atom. The van der Waals surface area contributed by atoms with Crippen molar-refractivity contribution in [3.8, 4) is 5.88 Å². The number of anilines is 1. The van der Waals surface area contributed by atoms with Crippen LogP contribution in [0, 0.1) is 5.92 Å². The van der Waals surface area contributed by atoms with Gasteiger partial charge in [-0.05, 0) is 57.2 Å². The van der Waals surface area contributed by atoms with Crippen LogP contribution in [0.25, 0.3) is 10.9 Å². The summed E-state index contributed by atoms with van der Waals surface area (Å²) in [4.78, 5) is 13.3. The smallest absolute Gasteiger partial charge is 0.224 e. The standard InChI is InChI=1S/C17H25N5O.C6H12O/c1-12(2)3-9-20-17-21-11-14-15(22-17)6-10-19-16(14)23-13-4-7-18-8-5-13;7-6-4-2-1-3-5-6/h6,10-13,18H,3-5,7-9H2,1-2H3,(H,20,21,22);6-7H,1-5H2. The van der Waals surface area contributed by atoms with E-state index in [1.54, 1.807) is 6.20 Å². The molecule has 4 rings (SSSR count). The maximum atomic E-state index is 8.91. The number of aliphatic hydroxyl groups excluding tert-OH is 1. The van der Waals surface area contributed by atoms with Crippen molar-refractivity contribution in [2.75, 3.05) is 25.0 Å².